The Morgan fingerprint density at radius 2 is 2.07 bits per heavy atom. The van der Waals surface area contributed by atoms with Gasteiger partial charge in [0, 0.05) is 5.02 Å². The second-order valence-electron chi connectivity index (χ2n) is 6.09. The van der Waals surface area contributed by atoms with Crippen molar-refractivity contribution in [2.24, 2.45) is 0 Å². The number of hydrogen-bond donors (Lipinski definition) is 2. The lowest BCUT2D eigenvalue weighted by Gasteiger charge is -2.18. The number of hydrogen-bond acceptors (Lipinski definition) is 5. The fourth-order valence-electron chi connectivity index (χ4n) is 2.81. The number of H-pyrrole nitrogens is 1. The Morgan fingerprint density at radius 1 is 1.33 bits per heavy atom. The van der Waals surface area contributed by atoms with Gasteiger partial charge in [-0.05, 0) is 49.7 Å². The van der Waals surface area contributed by atoms with E-state index in [9.17, 15) is 14.0 Å². The zero-order valence-corrected chi connectivity index (χ0v) is 15.6. The van der Waals surface area contributed by atoms with Gasteiger partial charge < -0.3 is 15.0 Å². The van der Waals surface area contributed by atoms with E-state index < -0.39 is 17.8 Å². The largest absolute Gasteiger partial charge is 0.465 e. The van der Waals surface area contributed by atoms with Crippen molar-refractivity contribution in [3.63, 3.8) is 0 Å². The Morgan fingerprint density at radius 3 is 2.74 bits per heavy atom. The lowest BCUT2D eigenvalue weighted by atomic mass is 10.0. The second kappa shape index (κ2) is 7.36. The molecule has 0 saturated carbocycles. The molecular formula is C19H17ClFN3O3. The Balaban J connectivity index is 1.94. The first kappa shape index (κ1) is 18.8. The first-order valence-corrected chi connectivity index (χ1v) is 8.52. The summed E-state index contributed by atoms with van der Waals surface area (Å²) in [4.78, 5) is 30.6. The number of carbonyl (C=O) groups excluding carboxylic acids is 1. The molecule has 0 spiro atoms. The topological polar surface area (TPSA) is 84.1 Å². The first-order valence-electron chi connectivity index (χ1n) is 8.14. The molecule has 3 aromatic rings. The first-order chi connectivity index (χ1) is 12.8. The van der Waals surface area contributed by atoms with Crippen molar-refractivity contribution in [1.82, 2.24) is 9.97 Å². The van der Waals surface area contributed by atoms with Crippen LogP contribution in [0.1, 0.15) is 34.7 Å². The fraction of sp³-hybridized carbons (Fsp3) is 0.211. The molecule has 140 valence electrons. The molecule has 1 heterocycles. The highest BCUT2D eigenvalue weighted by Crippen LogP contribution is 2.30. The van der Waals surface area contributed by atoms with E-state index in [1.807, 2.05) is 0 Å². The number of nitrogens with one attached hydrogen (secondary N) is 2. The number of aromatic nitrogens is 2. The van der Waals surface area contributed by atoms with Crippen LogP contribution in [-0.2, 0) is 4.74 Å². The predicted octanol–water partition coefficient (Wildman–Crippen LogP) is 3.98. The number of anilines is 1. The van der Waals surface area contributed by atoms with Gasteiger partial charge in [-0.25, -0.2) is 14.2 Å². The number of benzene rings is 2. The zero-order valence-electron chi connectivity index (χ0n) is 14.9. The molecule has 8 heteroatoms. The minimum Gasteiger partial charge on any atom is -0.465 e. The highest BCUT2D eigenvalue weighted by atomic mass is 35.5. The van der Waals surface area contributed by atoms with E-state index in [0.717, 1.165) is 6.07 Å². The molecule has 0 radical (unpaired) electrons. The number of aryl methyl sites for hydroxylation is 1. The van der Waals surface area contributed by atoms with Crippen molar-refractivity contribution in [1.29, 1.82) is 0 Å². The van der Waals surface area contributed by atoms with Crippen LogP contribution in [0.3, 0.4) is 0 Å². The quantitative estimate of drug-likeness (QED) is 0.659. The molecule has 0 bridgehead atoms. The van der Waals surface area contributed by atoms with E-state index >= 15 is 0 Å². The Hall–Kier alpha value is -2.93. The third-order valence-corrected chi connectivity index (χ3v) is 4.50. The summed E-state index contributed by atoms with van der Waals surface area (Å²) in [5, 5.41) is 3.81. The van der Waals surface area contributed by atoms with Crippen molar-refractivity contribution in [2.45, 2.75) is 19.9 Å². The van der Waals surface area contributed by atoms with Crippen LogP contribution in [0.25, 0.3) is 10.9 Å². The minimum absolute atomic E-state index is 0.116. The number of rotatable bonds is 4. The molecule has 0 amide bonds. The molecule has 0 aliphatic carbocycles. The second-order valence-corrected chi connectivity index (χ2v) is 6.50. The van der Waals surface area contributed by atoms with E-state index in [1.54, 1.807) is 26.0 Å². The number of esters is 1. The molecule has 0 aliphatic heterocycles. The summed E-state index contributed by atoms with van der Waals surface area (Å²) in [6.45, 7) is 3.48. The number of nitrogens with zero attached hydrogens (tertiary/aromatic N) is 1. The van der Waals surface area contributed by atoms with Gasteiger partial charge in [-0.15, -0.1) is 0 Å². The van der Waals surface area contributed by atoms with Crippen LogP contribution < -0.4 is 10.9 Å². The smallest absolute Gasteiger partial charge is 0.337 e. The van der Waals surface area contributed by atoms with Crippen molar-refractivity contribution >= 4 is 34.2 Å². The Bertz CT molecular complexity index is 1100. The van der Waals surface area contributed by atoms with E-state index in [1.165, 1.54) is 19.2 Å². The van der Waals surface area contributed by atoms with Gasteiger partial charge in [0.2, 0.25) is 0 Å². The third-order valence-electron chi connectivity index (χ3n) is 4.17. The normalized spacial score (nSPS) is 12.0. The number of aromatic amines is 1. The Kier molecular flexibility index (Phi) is 5.14. The van der Waals surface area contributed by atoms with Crippen LogP contribution in [0.2, 0.25) is 5.02 Å². The number of fused-ring (bicyclic) bond motifs is 1. The average Bonchev–Trinajstić information content (AvgIpc) is 2.61. The minimum atomic E-state index is -0.618. The van der Waals surface area contributed by atoms with Crippen LogP contribution in [0, 0.1) is 12.7 Å². The van der Waals surface area contributed by atoms with Crippen LogP contribution in [0.5, 0.6) is 0 Å². The van der Waals surface area contributed by atoms with E-state index in [-0.39, 0.29) is 16.8 Å². The maximum absolute atomic E-state index is 14.3. The highest BCUT2D eigenvalue weighted by molar-refractivity contribution is 6.32. The van der Waals surface area contributed by atoms with Crippen LogP contribution in [0.4, 0.5) is 10.1 Å². The molecule has 0 aliphatic rings. The van der Waals surface area contributed by atoms with Gasteiger partial charge in [0.25, 0.3) is 5.56 Å². The maximum Gasteiger partial charge on any atom is 0.337 e. The van der Waals surface area contributed by atoms with Crippen molar-refractivity contribution in [3.05, 3.63) is 68.5 Å². The van der Waals surface area contributed by atoms with E-state index in [2.05, 4.69) is 20.0 Å². The summed E-state index contributed by atoms with van der Waals surface area (Å²) >= 11 is 6.35. The monoisotopic (exact) mass is 389 g/mol. The molecular weight excluding hydrogens is 373 g/mol. The molecule has 1 atom stereocenters. The number of halogens is 2. The van der Waals surface area contributed by atoms with E-state index in [0.29, 0.717) is 27.3 Å². The van der Waals surface area contributed by atoms with Crippen molar-refractivity contribution in [3.8, 4) is 0 Å². The zero-order chi connectivity index (χ0) is 19.7. The molecule has 0 fully saturated rings. The molecule has 3 rings (SSSR count). The SMILES string of the molecule is COC(=O)c1ccc(N[C@H](C)c2cc3c(=O)[nH]c(C)nc3cc2Cl)c(F)c1. The van der Waals surface area contributed by atoms with Gasteiger partial charge in [0.15, 0.2) is 0 Å². The molecule has 0 saturated heterocycles. The lowest BCUT2D eigenvalue weighted by Crippen LogP contribution is -2.13. The van der Waals surface area contributed by atoms with Crippen LogP contribution in [0.15, 0.2) is 35.1 Å². The molecule has 2 aromatic carbocycles. The number of methoxy groups -OCH3 is 1. The van der Waals surface area contributed by atoms with Crippen molar-refractivity contribution < 1.29 is 13.9 Å². The lowest BCUT2D eigenvalue weighted by molar-refractivity contribution is 0.0600. The molecule has 6 nitrogen and oxygen atoms in total. The summed E-state index contributed by atoms with van der Waals surface area (Å²) in [5.41, 5.74) is 1.16. The molecule has 2 N–H and O–H groups in total. The predicted molar refractivity (Wildman–Crippen MR) is 102 cm³/mol. The summed E-state index contributed by atoms with van der Waals surface area (Å²) in [6.07, 6.45) is 0. The van der Waals surface area contributed by atoms with Gasteiger partial charge in [0.1, 0.15) is 11.6 Å². The van der Waals surface area contributed by atoms with Gasteiger partial charge in [-0.1, -0.05) is 11.6 Å². The number of carbonyl (C=O) groups is 1. The summed E-state index contributed by atoms with van der Waals surface area (Å²) in [7, 11) is 1.23. The average molecular weight is 390 g/mol. The summed E-state index contributed by atoms with van der Waals surface area (Å²) in [6, 6.07) is 6.86. The maximum atomic E-state index is 14.3. The fourth-order valence-corrected chi connectivity index (χ4v) is 3.14. The summed E-state index contributed by atoms with van der Waals surface area (Å²) < 4.78 is 18.9. The van der Waals surface area contributed by atoms with Gasteiger partial charge in [-0.3, -0.25) is 4.79 Å². The summed E-state index contributed by atoms with van der Waals surface area (Å²) in [5.74, 6) is -0.722. The molecule has 0 unspecified atom stereocenters. The third kappa shape index (κ3) is 3.78. The Labute approximate surface area is 159 Å². The van der Waals surface area contributed by atoms with E-state index in [4.69, 9.17) is 11.6 Å². The van der Waals surface area contributed by atoms with Crippen LogP contribution >= 0.6 is 11.6 Å². The highest BCUT2D eigenvalue weighted by Gasteiger charge is 2.16. The number of ether oxygens (including phenoxy) is 1. The van der Waals surface area contributed by atoms with Gasteiger partial charge in [0.05, 0.1) is 35.3 Å². The standard InChI is InChI=1S/C19H17ClFN3O3/c1-9(22-16-5-4-11(6-15(16)21)19(26)27-3)12-7-13-17(8-14(12)20)23-10(2)24-18(13)25/h4-9,22H,1-3H3,(H,23,24,25)/t9-/m1/s1. The molecule has 27 heavy (non-hydrogen) atoms. The van der Waals surface area contributed by atoms with Gasteiger partial charge in [-0.2, -0.15) is 0 Å². The van der Waals surface area contributed by atoms with Gasteiger partial charge >= 0.3 is 5.97 Å². The van der Waals surface area contributed by atoms with Crippen LogP contribution in [-0.4, -0.2) is 23.0 Å². The van der Waals surface area contributed by atoms with Crippen molar-refractivity contribution in [2.75, 3.05) is 12.4 Å². The molecule has 1 aromatic heterocycles.